The molecule has 0 aromatic carbocycles. The highest BCUT2D eigenvalue weighted by Gasteiger charge is 2.28. The largest absolute Gasteiger partial charge is 0.344 e. The second-order valence-electron chi connectivity index (χ2n) is 3.56. The summed E-state index contributed by atoms with van der Waals surface area (Å²) in [4.78, 5) is 13.3. The molecule has 1 aromatic rings. The van der Waals surface area contributed by atoms with E-state index in [1.807, 2.05) is 13.1 Å². The second-order valence-corrected chi connectivity index (χ2v) is 3.56. The van der Waals surface area contributed by atoms with E-state index in [-0.39, 0.29) is 11.9 Å². The van der Waals surface area contributed by atoms with E-state index < -0.39 is 0 Å². The predicted octanol–water partition coefficient (Wildman–Crippen LogP) is -0.270. The van der Waals surface area contributed by atoms with Gasteiger partial charge in [0.25, 0.3) is 0 Å². The highest BCUT2D eigenvalue weighted by molar-refractivity contribution is 5.83. The van der Waals surface area contributed by atoms with Crippen LogP contribution in [0.4, 0.5) is 0 Å². The second kappa shape index (κ2) is 3.79. The van der Waals surface area contributed by atoms with Crippen molar-refractivity contribution in [2.45, 2.75) is 19.0 Å². The lowest BCUT2D eigenvalue weighted by molar-refractivity contribution is -0.128. The summed E-state index contributed by atoms with van der Waals surface area (Å²) >= 11 is 0. The highest BCUT2D eigenvalue weighted by atomic mass is 16.2. The number of nitrogens with one attached hydrogen (secondary N) is 2. The van der Waals surface area contributed by atoms with Crippen LogP contribution in [0.5, 0.6) is 0 Å². The van der Waals surface area contributed by atoms with Crippen LogP contribution < -0.4 is 5.32 Å². The highest BCUT2D eigenvalue weighted by Crippen LogP contribution is 2.08. The maximum atomic E-state index is 11.5. The number of rotatable bonds is 3. The summed E-state index contributed by atoms with van der Waals surface area (Å²) in [5.41, 5.74) is 1.01. The van der Waals surface area contributed by atoms with Crippen molar-refractivity contribution >= 4 is 5.91 Å². The average molecular weight is 194 g/mol. The van der Waals surface area contributed by atoms with Crippen LogP contribution >= 0.6 is 0 Å². The van der Waals surface area contributed by atoms with Gasteiger partial charge in [0, 0.05) is 32.0 Å². The Hall–Kier alpha value is -1.36. The van der Waals surface area contributed by atoms with Crippen LogP contribution in [0, 0.1) is 0 Å². The molecule has 1 aromatic heterocycles. The lowest BCUT2D eigenvalue weighted by Gasteiger charge is -2.10. The van der Waals surface area contributed by atoms with E-state index in [0.717, 1.165) is 18.7 Å². The van der Waals surface area contributed by atoms with Crippen molar-refractivity contribution in [3.05, 3.63) is 18.0 Å². The fourth-order valence-corrected chi connectivity index (χ4v) is 1.63. The zero-order valence-electron chi connectivity index (χ0n) is 8.16. The quantitative estimate of drug-likeness (QED) is 0.696. The summed E-state index contributed by atoms with van der Waals surface area (Å²) < 4.78 is 0. The van der Waals surface area contributed by atoms with Crippen LogP contribution in [0.2, 0.25) is 0 Å². The van der Waals surface area contributed by atoms with Gasteiger partial charge in [-0.05, 0) is 12.5 Å². The molecule has 1 unspecified atom stereocenters. The van der Waals surface area contributed by atoms with Crippen molar-refractivity contribution in [3.63, 3.8) is 0 Å². The van der Waals surface area contributed by atoms with E-state index in [1.54, 1.807) is 11.1 Å². The van der Waals surface area contributed by atoms with Crippen LogP contribution in [0.3, 0.4) is 0 Å². The van der Waals surface area contributed by atoms with Crippen molar-refractivity contribution in [1.29, 1.82) is 0 Å². The summed E-state index contributed by atoms with van der Waals surface area (Å²) in [5.74, 6) is 0.185. The molecule has 1 aliphatic rings. The van der Waals surface area contributed by atoms with E-state index in [4.69, 9.17) is 0 Å². The monoisotopic (exact) mass is 194 g/mol. The van der Waals surface area contributed by atoms with Crippen molar-refractivity contribution < 1.29 is 4.79 Å². The van der Waals surface area contributed by atoms with Crippen molar-refractivity contribution in [3.8, 4) is 0 Å². The van der Waals surface area contributed by atoms with Crippen molar-refractivity contribution in [2.24, 2.45) is 0 Å². The van der Waals surface area contributed by atoms with Crippen LogP contribution in [0.25, 0.3) is 0 Å². The number of carbonyl (C=O) groups excluding carboxylic acids is 1. The molecule has 0 saturated carbocycles. The van der Waals surface area contributed by atoms with Gasteiger partial charge in [0.15, 0.2) is 0 Å². The van der Waals surface area contributed by atoms with Crippen molar-refractivity contribution in [1.82, 2.24) is 20.4 Å². The first-order valence-electron chi connectivity index (χ1n) is 4.74. The third kappa shape index (κ3) is 1.77. The standard InChI is InChI=1S/C9H14N4O/c1-13-5-3-8(9(13)14)10-6-7-2-4-11-12-7/h2,4,8,10H,3,5-6H2,1H3,(H,11,12). The van der Waals surface area contributed by atoms with Gasteiger partial charge in [-0.15, -0.1) is 0 Å². The van der Waals surface area contributed by atoms with Gasteiger partial charge in [0.1, 0.15) is 0 Å². The Morgan fingerprint density at radius 3 is 3.21 bits per heavy atom. The Bertz CT molecular complexity index is 309. The number of aromatic nitrogens is 2. The van der Waals surface area contributed by atoms with Gasteiger partial charge in [0.2, 0.25) is 5.91 Å². The molecule has 1 saturated heterocycles. The topological polar surface area (TPSA) is 61.0 Å². The molecule has 0 bridgehead atoms. The summed E-state index contributed by atoms with van der Waals surface area (Å²) in [6.07, 6.45) is 2.60. The minimum absolute atomic E-state index is 0.0247. The molecule has 1 aliphatic heterocycles. The van der Waals surface area contributed by atoms with Gasteiger partial charge >= 0.3 is 0 Å². The number of aromatic amines is 1. The number of hydrogen-bond donors (Lipinski definition) is 2. The first-order valence-corrected chi connectivity index (χ1v) is 4.74. The summed E-state index contributed by atoms with van der Waals surface area (Å²) in [7, 11) is 1.83. The molecule has 0 spiro atoms. The molecule has 14 heavy (non-hydrogen) atoms. The number of likely N-dealkylation sites (N-methyl/N-ethyl adjacent to an activating group) is 1. The van der Waals surface area contributed by atoms with Gasteiger partial charge in [0.05, 0.1) is 6.04 Å². The number of likely N-dealkylation sites (tertiary alicyclic amines) is 1. The minimum atomic E-state index is -0.0247. The molecule has 76 valence electrons. The predicted molar refractivity (Wildman–Crippen MR) is 51.5 cm³/mol. The Labute approximate surface area is 82.5 Å². The third-order valence-electron chi connectivity index (χ3n) is 2.52. The van der Waals surface area contributed by atoms with Gasteiger partial charge in [-0.2, -0.15) is 5.10 Å². The van der Waals surface area contributed by atoms with Crippen LogP contribution in [-0.2, 0) is 11.3 Å². The summed E-state index contributed by atoms with van der Waals surface area (Å²) in [6, 6.07) is 1.87. The van der Waals surface area contributed by atoms with Crippen molar-refractivity contribution in [2.75, 3.05) is 13.6 Å². The van der Waals surface area contributed by atoms with E-state index in [0.29, 0.717) is 6.54 Å². The van der Waals surface area contributed by atoms with Gasteiger partial charge in [-0.3, -0.25) is 9.89 Å². The number of hydrogen-bond acceptors (Lipinski definition) is 3. The first-order chi connectivity index (χ1) is 6.77. The average Bonchev–Trinajstić information content (AvgIpc) is 2.77. The molecule has 2 rings (SSSR count). The maximum Gasteiger partial charge on any atom is 0.239 e. The molecular formula is C9H14N4O. The SMILES string of the molecule is CN1CCC(NCc2ccn[nH]2)C1=O. The van der Waals surface area contributed by atoms with E-state index in [2.05, 4.69) is 15.5 Å². The number of amides is 1. The zero-order valence-corrected chi connectivity index (χ0v) is 8.16. The number of H-pyrrole nitrogens is 1. The maximum absolute atomic E-state index is 11.5. The molecule has 2 N–H and O–H groups in total. The molecule has 0 aliphatic carbocycles. The fraction of sp³-hybridized carbons (Fsp3) is 0.556. The normalized spacial score (nSPS) is 21.9. The molecule has 2 heterocycles. The number of nitrogens with zero attached hydrogens (tertiary/aromatic N) is 2. The van der Waals surface area contributed by atoms with E-state index in [9.17, 15) is 4.79 Å². The smallest absolute Gasteiger partial charge is 0.239 e. The zero-order chi connectivity index (χ0) is 9.97. The first kappa shape index (κ1) is 9.21. The molecule has 0 radical (unpaired) electrons. The Morgan fingerprint density at radius 1 is 1.79 bits per heavy atom. The van der Waals surface area contributed by atoms with Gasteiger partial charge in [-0.25, -0.2) is 0 Å². The van der Waals surface area contributed by atoms with Crippen LogP contribution in [0.15, 0.2) is 12.3 Å². The Kier molecular flexibility index (Phi) is 2.49. The number of carbonyl (C=O) groups is 1. The Balaban J connectivity index is 1.84. The summed E-state index contributed by atoms with van der Waals surface area (Å²) in [6.45, 7) is 1.52. The molecular weight excluding hydrogens is 180 g/mol. The van der Waals surface area contributed by atoms with Crippen LogP contribution in [-0.4, -0.2) is 40.6 Å². The third-order valence-corrected chi connectivity index (χ3v) is 2.52. The fourth-order valence-electron chi connectivity index (χ4n) is 1.63. The van der Waals surface area contributed by atoms with Crippen LogP contribution in [0.1, 0.15) is 12.1 Å². The van der Waals surface area contributed by atoms with E-state index in [1.165, 1.54) is 0 Å². The summed E-state index contributed by atoms with van der Waals surface area (Å²) in [5, 5.41) is 9.89. The lowest BCUT2D eigenvalue weighted by atomic mass is 10.2. The molecule has 1 atom stereocenters. The van der Waals surface area contributed by atoms with Gasteiger partial charge < -0.3 is 10.2 Å². The molecule has 1 fully saturated rings. The van der Waals surface area contributed by atoms with E-state index >= 15 is 0 Å². The molecule has 5 nitrogen and oxygen atoms in total. The molecule has 1 amide bonds. The lowest BCUT2D eigenvalue weighted by Crippen LogP contribution is -2.36. The molecule has 5 heteroatoms. The van der Waals surface area contributed by atoms with Gasteiger partial charge in [-0.1, -0.05) is 0 Å². The Morgan fingerprint density at radius 2 is 2.64 bits per heavy atom. The minimum Gasteiger partial charge on any atom is -0.344 e.